The third-order valence-electron chi connectivity index (χ3n) is 5.70. The first-order valence-corrected chi connectivity index (χ1v) is 10.7. The van der Waals surface area contributed by atoms with Crippen molar-refractivity contribution in [2.75, 3.05) is 14.2 Å². The molecule has 6 heteroatoms. The van der Waals surface area contributed by atoms with Crippen LogP contribution in [-0.4, -0.2) is 29.0 Å². The molecule has 0 saturated heterocycles. The smallest absolute Gasteiger partial charge is 0.162 e. The minimum atomic E-state index is 0.658. The minimum Gasteiger partial charge on any atom is -0.493 e. The maximum absolute atomic E-state index is 6.09. The van der Waals surface area contributed by atoms with Crippen LogP contribution in [0.4, 0.5) is 0 Å². The van der Waals surface area contributed by atoms with Crippen molar-refractivity contribution in [1.29, 1.82) is 0 Å². The van der Waals surface area contributed by atoms with Gasteiger partial charge < -0.3 is 14.0 Å². The highest BCUT2D eigenvalue weighted by Crippen LogP contribution is 2.41. The Bertz CT molecular complexity index is 1380. The summed E-state index contributed by atoms with van der Waals surface area (Å²) in [7, 11) is 3.29. The number of pyridine rings is 1. The van der Waals surface area contributed by atoms with E-state index in [0.717, 1.165) is 33.4 Å². The number of nitrogens with zero attached hydrogens (tertiary/aromatic N) is 3. The van der Waals surface area contributed by atoms with Gasteiger partial charge in [-0.05, 0) is 30.7 Å². The molecule has 0 unspecified atom stereocenters. The van der Waals surface area contributed by atoms with Crippen LogP contribution >= 0.6 is 11.6 Å². The molecule has 0 bridgehead atoms. The van der Waals surface area contributed by atoms with Crippen molar-refractivity contribution in [2.24, 2.45) is 0 Å². The van der Waals surface area contributed by atoms with Gasteiger partial charge in [-0.3, -0.25) is 0 Å². The van der Waals surface area contributed by atoms with E-state index in [-0.39, 0.29) is 0 Å². The van der Waals surface area contributed by atoms with Crippen LogP contribution < -0.4 is 9.47 Å². The van der Waals surface area contributed by atoms with Gasteiger partial charge in [-0.1, -0.05) is 53.6 Å². The highest BCUT2D eigenvalue weighted by atomic mass is 35.5. The summed E-state index contributed by atoms with van der Waals surface area (Å²) in [5, 5.41) is 10.7. The molecule has 3 aromatic rings. The second kappa shape index (κ2) is 8.17. The molecule has 32 heavy (non-hydrogen) atoms. The van der Waals surface area contributed by atoms with Gasteiger partial charge in [0.1, 0.15) is 11.4 Å². The summed E-state index contributed by atoms with van der Waals surface area (Å²) in [5.41, 5.74) is 7.03. The van der Waals surface area contributed by atoms with Crippen LogP contribution in [0.15, 0.2) is 66.9 Å². The van der Waals surface area contributed by atoms with E-state index in [2.05, 4.69) is 52.2 Å². The van der Waals surface area contributed by atoms with E-state index in [1.807, 2.05) is 36.4 Å². The Kier molecular flexibility index (Phi) is 5.19. The molecular weight excluding hydrogens is 422 g/mol. The Balaban J connectivity index is 1.76. The van der Waals surface area contributed by atoms with Gasteiger partial charge in [0.25, 0.3) is 0 Å². The lowest BCUT2D eigenvalue weighted by Gasteiger charge is -2.18. The molecule has 2 aliphatic rings. The number of halogens is 1. The van der Waals surface area contributed by atoms with E-state index in [4.69, 9.17) is 21.1 Å². The number of methoxy groups -OCH3 is 2. The van der Waals surface area contributed by atoms with Crippen molar-refractivity contribution in [1.82, 2.24) is 14.8 Å². The lowest BCUT2D eigenvalue weighted by Crippen LogP contribution is -2.05. The molecular formula is C26H22ClN3O2. The molecule has 2 heterocycles. The van der Waals surface area contributed by atoms with Gasteiger partial charge in [0.15, 0.2) is 11.5 Å². The molecule has 3 aromatic carbocycles. The monoisotopic (exact) mass is 443 g/mol. The molecule has 0 fully saturated rings. The molecule has 0 aliphatic carbocycles. The van der Waals surface area contributed by atoms with Gasteiger partial charge >= 0.3 is 0 Å². The zero-order chi connectivity index (χ0) is 22.2. The first-order valence-electron chi connectivity index (χ1n) is 10.3. The summed E-state index contributed by atoms with van der Waals surface area (Å²) in [5.74, 6) is 1.33. The number of rotatable bonds is 5. The second-order valence-electron chi connectivity index (χ2n) is 7.78. The number of fused-ring (bicyclic) bond motifs is 3. The van der Waals surface area contributed by atoms with Crippen LogP contribution in [-0.2, 0) is 6.54 Å². The van der Waals surface area contributed by atoms with Gasteiger partial charge in [0, 0.05) is 40.3 Å². The van der Waals surface area contributed by atoms with E-state index in [0.29, 0.717) is 23.1 Å². The molecule has 0 saturated carbocycles. The summed E-state index contributed by atoms with van der Waals surface area (Å²) >= 11 is 6.09. The van der Waals surface area contributed by atoms with E-state index in [1.54, 1.807) is 14.2 Å². The average Bonchev–Trinajstić information content (AvgIpc) is 3.24. The van der Waals surface area contributed by atoms with Crippen molar-refractivity contribution in [3.05, 3.63) is 83.0 Å². The van der Waals surface area contributed by atoms with E-state index < -0.39 is 0 Å². The molecule has 0 spiro atoms. The summed E-state index contributed by atoms with van der Waals surface area (Å²) in [6.45, 7) is 2.79. The van der Waals surface area contributed by atoms with Gasteiger partial charge in [0.2, 0.25) is 0 Å². The molecule has 2 aliphatic heterocycles. The molecule has 0 amide bonds. The van der Waals surface area contributed by atoms with Crippen molar-refractivity contribution >= 4 is 22.5 Å². The number of aromatic nitrogens is 3. The largest absolute Gasteiger partial charge is 0.493 e. The van der Waals surface area contributed by atoms with E-state index >= 15 is 0 Å². The quantitative estimate of drug-likeness (QED) is 0.323. The summed E-state index contributed by atoms with van der Waals surface area (Å²) in [4.78, 5) is 0. The topological polar surface area (TPSA) is 49.2 Å². The molecule has 5 nitrogen and oxygen atoms in total. The zero-order valence-electron chi connectivity index (χ0n) is 18.1. The third kappa shape index (κ3) is 3.55. The Morgan fingerprint density at radius 2 is 1.50 bits per heavy atom. The number of hydrogen-bond donors (Lipinski definition) is 0. The van der Waals surface area contributed by atoms with E-state index in [9.17, 15) is 0 Å². The van der Waals surface area contributed by atoms with Crippen molar-refractivity contribution < 1.29 is 9.47 Å². The van der Waals surface area contributed by atoms with Crippen molar-refractivity contribution in [3.63, 3.8) is 0 Å². The minimum absolute atomic E-state index is 0.658. The maximum atomic E-state index is 6.09. The van der Waals surface area contributed by atoms with Gasteiger partial charge in [-0.15, -0.1) is 10.2 Å². The number of ether oxygens (including phenoxy) is 2. The van der Waals surface area contributed by atoms with Crippen LogP contribution in [0.1, 0.15) is 11.1 Å². The third-order valence-corrected chi connectivity index (χ3v) is 5.95. The predicted molar refractivity (Wildman–Crippen MR) is 128 cm³/mol. The normalized spacial score (nSPS) is 11.2. The highest BCUT2D eigenvalue weighted by Gasteiger charge is 2.22. The molecule has 0 radical (unpaired) electrons. The Hall–Kier alpha value is -3.57. The van der Waals surface area contributed by atoms with Crippen LogP contribution in [0, 0.1) is 6.92 Å². The fourth-order valence-corrected chi connectivity index (χ4v) is 4.13. The first-order chi connectivity index (χ1) is 15.6. The van der Waals surface area contributed by atoms with Gasteiger partial charge in [0.05, 0.1) is 19.7 Å². The molecule has 160 valence electrons. The summed E-state index contributed by atoms with van der Waals surface area (Å²) in [6.07, 6.45) is 2.12. The SMILES string of the molecule is COc1cc2c3nnc(-c4ccc(Cl)cc4)c-3cn(Cc3ccc(C)cc3)c2cc1OC. The maximum Gasteiger partial charge on any atom is 0.162 e. The van der Waals surface area contributed by atoms with Crippen molar-refractivity contribution in [3.8, 4) is 34.0 Å². The molecule has 0 atom stereocenters. The zero-order valence-corrected chi connectivity index (χ0v) is 18.8. The lowest BCUT2D eigenvalue weighted by molar-refractivity contribution is 0.355. The van der Waals surface area contributed by atoms with Gasteiger partial charge in [-0.2, -0.15) is 0 Å². The summed E-state index contributed by atoms with van der Waals surface area (Å²) in [6, 6.07) is 20.2. The van der Waals surface area contributed by atoms with Crippen LogP contribution in [0.3, 0.4) is 0 Å². The number of hydrogen-bond acceptors (Lipinski definition) is 4. The van der Waals surface area contributed by atoms with Crippen LogP contribution in [0.25, 0.3) is 33.4 Å². The number of benzene rings is 3. The van der Waals surface area contributed by atoms with Crippen LogP contribution in [0.5, 0.6) is 11.5 Å². The first kappa shape index (κ1) is 20.3. The Morgan fingerprint density at radius 1 is 0.844 bits per heavy atom. The molecule has 0 aromatic heterocycles. The highest BCUT2D eigenvalue weighted by molar-refractivity contribution is 6.30. The second-order valence-corrected chi connectivity index (χ2v) is 8.22. The predicted octanol–water partition coefficient (Wildman–Crippen LogP) is 6.23. The molecule has 0 N–H and O–H groups in total. The summed E-state index contributed by atoms with van der Waals surface area (Å²) < 4.78 is 13.4. The Labute approximate surface area is 191 Å². The molecule has 5 rings (SSSR count). The Morgan fingerprint density at radius 3 is 2.19 bits per heavy atom. The van der Waals surface area contributed by atoms with Crippen molar-refractivity contribution in [2.45, 2.75) is 13.5 Å². The van der Waals surface area contributed by atoms with Crippen LogP contribution in [0.2, 0.25) is 5.02 Å². The fourth-order valence-electron chi connectivity index (χ4n) is 4.00. The lowest BCUT2D eigenvalue weighted by atomic mass is 10.0. The van der Waals surface area contributed by atoms with Gasteiger partial charge in [-0.25, -0.2) is 0 Å². The fraction of sp³-hybridized carbons (Fsp3) is 0.154. The number of aryl methyl sites for hydroxylation is 1. The van der Waals surface area contributed by atoms with E-state index in [1.165, 1.54) is 11.1 Å². The average molecular weight is 444 g/mol. The standard InChI is InChI=1S/C26H22ClN3O2/c1-16-4-6-17(7-5-16)14-30-15-21-25(18-8-10-19(27)11-9-18)28-29-26(21)20-12-23(31-2)24(32-3)13-22(20)30/h4-13,15H,14H2,1-3H3.